The van der Waals surface area contributed by atoms with Crippen molar-refractivity contribution >= 4 is 76.6 Å². The molecule has 34 heteroatoms. The van der Waals surface area contributed by atoms with Crippen molar-refractivity contribution in [3.63, 3.8) is 0 Å². The predicted molar refractivity (Wildman–Crippen MR) is 397 cm³/mol. The summed E-state index contributed by atoms with van der Waals surface area (Å²) in [4.78, 5) is 135. The number of ether oxygens (including phenoxy) is 5. The number of hydrogen-bond donors (Lipinski definition) is 18. The zero-order valence-corrected chi connectivity index (χ0v) is 62.3. The number of carbonyl (C=O) groups excluding carboxylic acids is 9. The standard InChI is InChI=1S/C78H86Cl2N10O22/c1-31(2)16-47(82-4)70(100)89-62-64(95)37-11-14-51(45(79)23-37)109-53-25-41-26-54(69(53)112-77-68(99)67(98)66(97)55(30-91)111-77)110-52-15-12-38(24-46(52)80)65(96)63-76(106)88-61(74(104)85-58-39-18-33-17-34(20-39)21-40(58)19-33)44-27-42(108-78(107)83-32(3)35-8-6-5-7-9-35)28-50(93)57(44)43-22-36(10-13-49(43)92)59(72(102)90-63)87-73(103)60(41)86-71(101)48(29-56(81)94)84-75(62)105/h5-15,22-28,31-34,39-40,47-48,55,58-68,77,82,91-93,95-99H,16-21,29-30H2,1-4H3,(H2,81,94)(H,83,107)(H,84,105)(H,85,104)(H,86,101)(H,87,103)(H,88,106)(H,89,100)(H,90,102)/t32-,33?,34?,39?,40?,47+,48-,55+,58?,59-,60+,61-,62+,63-,64+,65+,66+,67-,68+,77?/m0/s1. The highest BCUT2D eigenvalue weighted by molar-refractivity contribution is 6.32. The zero-order chi connectivity index (χ0) is 80.0. The van der Waals surface area contributed by atoms with Gasteiger partial charge in [-0.25, -0.2) is 4.79 Å². The lowest BCUT2D eigenvalue weighted by Crippen LogP contribution is -2.60. The molecule has 594 valence electrons. The fraction of sp³-hybridized carbons (Fsp3) is 0.423. The van der Waals surface area contributed by atoms with Crippen molar-refractivity contribution in [3.8, 4) is 57.1 Å². The van der Waals surface area contributed by atoms with Crippen molar-refractivity contribution in [1.29, 1.82) is 0 Å². The summed E-state index contributed by atoms with van der Waals surface area (Å²) < 4.78 is 31.2. The Labute approximate surface area is 650 Å². The molecule has 6 aromatic carbocycles. The van der Waals surface area contributed by atoms with Crippen molar-refractivity contribution in [2.45, 2.75) is 163 Å². The SMILES string of the molecule is CN[C@H](CC(C)C)C(=O)N[C@H]1C(=O)N[C@@H](CC(N)=O)C(=O)N[C@H]2C(=O)N[C@@H]3C(=O)N[C@H](C(=O)N[C@H](C(=O)NC4C5CC6CC(C5)CC4C6)c4cc(OC(=O)N[C@@H](C)c5ccccc5)cc(O)c4-c4cc3ccc4O)[C@H](O)c3ccc(c(Cl)c3)Oc3cc2cc(c3OC2O[C@H](CO)[C@@H](O)[C@H](O)[C@H]2O)Oc2ccc(cc2Cl)[C@H]1O. The Balaban J connectivity index is 1.00. The molecule has 6 aliphatic heterocycles. The highest BCUT2D eigenvalue weighted by atomic mass is 35.5. The van der Waals surface area contributed by atoms with Gasteiger partial charge in [-0.1, -0.05) is 85.6 Å². The van der Waals surface area contributed by atoms with E-state index in [2.05, 4.69) is 47.9 Å². The van der Waals surface area contributed by atoms with E-state index in [9.17, 15) is 60.0 Å². The van der Waals surface area contributed by atoms with Gasteiger partial charge in [-0.2, -0.15) is 0 Å². The van der Waals surface area contributed by atoms with Gasteiger partial charge < -0.3 is 118 Å². The number of benzene rings is 6. The summed E-state index contributed by atoms with van der Waals surface area (Å²) in [6.45, 7) is 4.41. The zero-order valence-electron chi connectivity index (χ0n) is 60.8. The number of nitrogens with one attached hydrogen (secondary N) is 9. The molecule has 19 N–H and O–H groups in total. The van der Waals surface area contributed by atoms with Crippen molar-refractivity contribution in [2.75, 3.05) is 13.7 Å². The first-order valence-electron chi connectivity index (χ1n) is 36.7. The highest BCUT2D eigenvalue weighted by Crippen LogP contribution is 2.55. The van der Waals surface area contributed by atoms with Crippen LogP contribution in [0.1, 0.15) is 135 Å². The van der Waals surface area contributed by atoms with Crippen LogP contribution in [0, 0.1) is 29.6 Å². The molecule has 0 aromatic heterocycles. The highest BCUT2D eigenvalue weighted by Gasteiger charge is 2.51. The number of aliphatic hydroxyl groups excluding tert-OH is 6. The molecular weight excluding hydrogens is 1500 g/mol. The van der Waals surface area contributed by atoms with Gasteiger partial charge in [0.25, 0.3) is 0 Å². The number of amides is 9. The molecule has 10 aliphatic rings. The first-order chi connectivity index (χ1) is 53.4. The summed E-state index contributed by atoms with van der Waals surface area (Å²) in [5.74, 6) is -13.1. The third-order valence-corrected chi connectivity index (χ3v) is 22.4. The molecule has 32 nitrogen and oxygen atoms in total. The molecule has 6 aromatic rings. The number of carbonyl (C=O) groups is 9. The quantitative estimate of drug-likeness (QED) is 0.0694. The number of halogens is 2. The van der Waals surface area contributed by atoms with Crippen LogP contribution in [-0.4, -0.2) is 169 Å². The molecule has 1 unspecified atom stereocenters. The number of aromatic hydroxyl groups is 2. The van der Waals surface area contributed by atoms with E-state index in [4.69, 9.17) is 52.6 Å². The number of fused-ring (bicyclic) bond motifs is 15. The maximum Gasteiger partial charge on any atom is 0.413 e. The van der Waals surface area contributed by atoms with Crippen LogP contribution in [-0.2, 0) is 43.1 Å². The summed E-state index contributed by atoms with van der Waals surface area (Å²) in [6, 6.07) is 8.70. The molecule has 4 saturated carbocycles. The van der Waals surface area contributed by atoms with Crippen LogP contribution in [0.3, 0.4) is 0 Å². The lowest BCUT2D eigenvalue weighted by atomic mass is 9.54. The van der Waals surface area contributed by atoms with Crippen LogP contribution >= 0.6 is 23.2 Å². The molecular formula is C78H86Cl2N10O22. The fourth-order valence-corrected chi connectivity index (χ4v) is 16.8. The van der Waals surface area contributed by atoms with Gasteiger partial charge in [-0.3, -0.25) is 38.4 Å². The average molecular weight is 1590 g/mol. The molecule has 16 rings (SSSR count). The normalized spacial score (nSPS) is 28.6. The van der Waals surface area contributed by atoms with E-state index in [1.54, 1.807) is 37.3 Å². The second-order valence-electron chi connectivity index (χ2n) is 29.9. The second kappa shape index (κ2) is 33.1. The molecule has 0 radical (unpaired) electrons. The minimum absolute atomic E-state index is 0.0372. The van der Waals surface area contributed by atoms with Gasteiger partial charge >= 0.3 is 6.09 Å². The Bertz CT molecular complexity index is 4640. The van der Waals surface area contributed by atoms with Gasteiger partial charge in [0.15, 0.2) is 11.5 Å². The molecule has 112 heavy (non-hydrogen) atoms. The molecule has 9 amide bonds. The third kappa shape index (κ3) is 16.7. The van der Waals surface area contributed by atoms with E-state index in [0.29, 0.717) is 17.4 Å². The van der Waals surface area contributed by atoms with Crippen molar-refractivity contribution in [3.05, 3.63) is 153 Å². The lowest BCUT2D eigenvalue weighted by molar-refractivity contribution is -0.277. The molecule has 1 saturated heterocycles. The number of rotatable bonds is 15. The fourth-order valence-electron chi connectivity index (χ4n) is 16.3. The summed E-state index contributed by atoms with van der Waals surface area (Å²) in [5.41, 5.74) is 4.31. The number of aliphatic hydroxyl groups is 6. The first kappa shape index (κ1) is 79.7. The van der Waals surface area contributed by atoms with Crippen LogP contribution in [0.15, 0.2) is 109 Å². The van der Waals surface area contributed by atoms with Crippen molar-refractivity contribution in [2.24, 2.45) is 35.3 Å². The number of phenolic OH excluding ortho intramolecular Hbond substituents is 2. The largest absolute Gasteiger partial charge is 0.507 e. The van der Waals surface area contributed by atoms with Gasteiger partial charge in [-0.05, 0) is 170 Å². The minimum atomic E-state index is -2.32. The van der Waals surface area contributed by atoms with Crippen LogP contribution in [0.5, 0.6) is 46.0 Å². The lowest BCUT2D eigenvalue weighted by Gasteiger charge is -2.54. The Hall–Kier alpha value is -10.4. The van der Waals surface area contributed by atoms with E-state index in [-0.39, 0.29) is 79.8 Å². The van der Waals surface area contributed by atoms with Crippen LogP contribution in [0.4, 0.5) is 4.79 Å². The number of primary amides is 1. The summed E-state index contributed by atoms with van der Waals surface area (Å²) >= 11 is 14.2. The van der Waals surface area contributed by atoms with Crippen molar-refractivity contribution in [1.82, 2.24) is 47.9 Å². The number of hydrogen-bond acceptors (Lipinski definition) is 23. The van der Waals surface area contributed by atoms with Crippen LogP contribution in [0.2, 0.25) is 10.0 Å². The molecule has 15 bridgehead atoms. The maximum absolute atomic E-state index is 16.3. The number of likely N-dealkylation sites (N-methyl/N-ethyl adjacent to an activating group) is 1. The predicted octanol–water partition coefficient (Wildman–Crippen LogP) is 3.87. The van der Waals surface area contributed by atoms with E-state index in [1.165, 1.54) is 37.4 Å². The Morgan fingerprint density at radius 2 is 1.23 bits per heavy atom. The van der Waals surface area contributed by atoms with Gasteiger partial charge in [-0.15, -0.1) is 0 Å². The summed E-state index contributed by atoms with van der Waals surface area (Å²) in [5, 5.41) is 117. The second-order valence-corrected chi connectivity index (χ2v) is 30.8. The summed E-state index contributed by atoms with van der Waals surface area (Å²) in [7, 11) is 1.49. The minimum Gasteiger partial charge on any atom is -0.507 e. The molecule has 15 atom stereocenters. The Morgan fingerprint density at radius 1 is 0.625 bits per heavy atom. The van der Waals surface area contributed by atoms with Crippen LogP contribution in [0.25, 0.3) is 11.1 Å². The molecule has 6 heterocycles. The third-order valence-electron chi connectivity index (χ3n) is 21.8. The first-order valence-corrected chi connectivity index (χ1v) is 37.5. The Morgan fingerprint density at radius 3 is 1.84 bits per heavy atom. The maximum atomic E-state index is 16.3. The van der Waals surface area contributed by atoms with E-state index in [0.717, 1.165) is 80.6 Å². The number of phenols is 2. The smallest absolute Gasteiger partial charge is 0.413 e. The molecule has 5 fully saturated rings. The number of nitrogens with two attached hydrogens (primary N) is 1. The monoisotopic (exact) mass is 1580 g/mol. The average Bonchev–Trinajstić information content (AvgIpc) is 0.757. The summed E-state index contributed by atoms with van der Waals surface area (Å²) in [6.07, 6.45) is -11.6. The van der Waals surface area contributed by atoms with Gasteiger partial charge in [0.05, 0.1) is 35.2 Å². The van der Waals surface area contributed by atoms with E-state index < -0.39 is 203 Å². The topological polar surface area (TPSA) is 496 Å². The van der Waals surface area contributed by atoms with Crippen LogP contribution < -0.4 is 72.5 Å². The van der Waals surface area contributed by atoms with Gasteiger partial charge in [0.2, 0.25) is 59.3 Å². The molecule has 0 spiro atoms. The molecule has 4 aliphatic carbocycles. The van der Waals surface area contributed by atoms with E-state index >= 15 is 24.0 Å². The van der Waals surface area contributed by atoms with Crippen molar-refractivity contribution < 1.29 is 108 Å². The van der Waals surface area contributed by atoms with Gasteiger partial charge in [0, 0.05) is 23.2 Å². The van der Waals surface area contributed by atoms with E-state index in [1.807, 2.05) is 13.8 Å². The van der Waals surface area contributed by atoms with Gasteiger partial charge in [0.1, 0.15) is 102 Å². The Kier molecular flexibility index (Phi) is 23.6.